The summed E-state index contributed by atoms with van der Waals surface area (Å²) in [5.41, 5.74) is 0.606. The lowest BCUT2D eigenvalue weighted by molar-refractivity contribution is 0.602. The lowest BCUT2D eigenvalue weighted by atomic mass is 10.2. The van der Waals surface area contributed by atoms with Crippen LogP contribution in [0.25, 0.3) is 0 Å². The highest BCUT2D eigenvalue weighted by atomic mass is 32.2. The van der Waals surface area contributed by atoms with E-state index in [0.29, 0.717) is 16.3 Å². The van der Waals surface area contributed by atoms with Crippen molar-refractivity contribution in [1.29, 1.82) is 0 Å². The molecular formula is C12H19NO3S2. The van der Waals surface area contributed by atoms with Crippen molar-refractivity contribution < 1.29 is 12.6 Å². The first-order chi connectivity index (χ1) is 8.30. The molecule has 0 aromatic heterocycles. The number of sulfone groups is 1. The lowest BCUT2D eigenvalue weighted by Gasteiger charge is -2.16. The Balaban J connectivity index is 2.82. The first kappa shape index (κ1) is 15.2. The summed E-state index contributed by atoms with van der Waals surface area (Å²) in [6, 6.07) is 6.91. The molecule has 0 aliphatic carbocycles. The van der Waals surface area contributed by atoms with Gasteiger partial charge >= 0.3 is 0 Å². The van der Waals surface area contributed by atoms with Crippen molar-refractivity contribution in [2.75, 3.05) is 23.6 Å². The number of para-hydroxylation sites is 1. The Kier molecular flexibility index (Phi) is 5.34. The van der Waals surface area contributed by atoms with E-state index in [1.165, 1.54) is 6.26 Å². The van der Waals surface area contributed by atoms with Crippen molar-refractivity contribution >= 4 is 26.3 Å². The topological polar surface area (TPSA) is 63.2 Å². The maximum absolute atomic E-state index is 11.6. The largest absolute Gasteiger partial charge is 0.382 e. The zero-order valence-electron chi connectivity index (χ0n) is 10.8. The van der Waals surface area contributed by atoms with Gasteiger partial charge in [-0.15, -0.1) is 0 Å². The average molecular weight is 289 g/mol. The van der Waals surface area contributed by atoms with E-state index in [1.807, 2.05) is 6.92 Å². The monoisotopic (exact) mass is 289 g/mol. The Morgan fingerprint density at radius 2 is 1.94 bits per heavy atom. The van der Waals surface area contributed by atoms with Gasteiger partial charge in [-0.2, -0.15) is 0 Å². The molecule has 1 N–H and O–H groups in total. The fourth-order valence-electron chi connectivity index (χ4n) is 1.59. The molecule has 1 aromatic carbocycles. The van der Waals surface area contributed by atoms with Crippen molar-refractivity contribution in [1.82, 2.24) is 0 Å². The molecule has 1 rings (SSSR count). The van der Waals surface area contributed by atoms with Gasteiger partial charge in [0.1, 0.15) is 0 Å². The van der Waals surface area contributed by atoms with E-state index in [2.05, 4.69) is 5.32 Å². The molecule has 2 unspecified atom stereocenters. The molecule has 0 aliphatic heterocycles. The summed E-state index contributed by atoms with van der Waals surface area (Å²) in [5.74, 6) is 0.606. The Hall–Kier alpha value is -0.880. The van der Waals surface area contributed by atoms with Crippen molar-refractivity contribution in [3.8, 4) is 0 Å². The molecule has 0 saturated heterocycles. The Bertz CT molecular complexity index is 526. The van der Waals surface area contributed by atoms with Gasteiger partial charge in [0.05, 0.1) is 10.6 Å². The van der Waals surface area contributed by atoms with Gasteiger partial charge in [0, 0.05) is 35.1 Å². The normalized spacial score (nSPS) is 15.1. The molecule has 18 heavy (non-hydrogen) atoms. The summed E-state index contributed by atoms with van der Waals surface area (Å²) in [5, 5.41) is 3.16. The molecule has 6 heteroatoms. The lowest BCUT2D eigenvalue weighted by Crippen LogP contribution is -2.19. The van der Waals surface area contributed by atoms with Gasteiger partial charge in [-0.05, 0) is 25.5 Å². The van der Waals surface area contributed by atoms with E-state index in [0.717, 1.165) is 6.42 Å². The molecule has 0 amide bonds. The van der Waals surface area contributed by atoms with E-state index in [1.54, 1.807) is 30.5 Å². The molecule has 0 spiro atoms. The van der Waals surface area contributed by atoms with E-state index in [4.69, 9.17) is 0 Å². The standard InChI is InChI=1S/C12H19NO3S2/c1-10(8-9-17(2)14)13-11-6-4-5-7-12(11)18(3,15)16/h4-7,10,13H,8-9H2,1-3H3. The van der Waals surface area contributed by atoms with Gasteiger partial charge in [0.25, 0.3) is 0 Å². The van der Waals surface area contributed by atoms with Crippen LogP contribution in [0.15, 0.2) is 29.2 Å². The van der Waals surface area contributed by atoms with Gasteiger partial charge in [-0.3, -0.25) is 4.21 Å². The first-order valence-corrected chi connectivity index (χ1v) is 9.28. The van der Waals surface area contributed by atoms with Crippen molar-refractivity contribution in [3.63, 3.8) is 0 Å². The predicted octanol–water partition coefficient (Wildman–Crippen LogP) is 1.66. The number of hydrogen-bond acceptors (Lipinski definition) is 4. The predicted molar refractivity (Wildman–Crippen MR) is 76.2 cm³/mol. The van der Waals surface area contributed by atoms with Crippen LogP contribution in [-0.4, -0.2) is 36.9 Å². The van der Waals surface area contributed by atoms with Crippen LogP contribution in [0.3, 0.4) is 0 Å². The number of hydrogen-bond donors (Lipinski definition) is 1. The fraction of sp³-hybridized carbons (Fsp3) is 0.500. The summed E-state index contributed by atoms with van der Waals surface area (Å²) in [6.45, 7) is 1.95. The molecule has 2 atom stereocenters. The summed E-state index contributed by atoms with van der Waals surface area (Å²) < 4.78 is 34.2. The van der Waals surface area contributed by atoms with Crippen LogP contribution in [0.5, 0.6) is 0 Å². The molecule has 0 saturated carbocycles. The molecule has 102 valence electrons. The maximum Gasteiger partial charge on any atom is 0.177 e. The number of benzene rings is 1. The molecule has 0 fully saturated rings. The zero-order chi connectivity index (χ0) is 13.8. The highest BCUT2D eigenvalue weighted by Crippen LogP contribution is 2.21. The average Bonchev–Trinajstić information content (AvgIpc) is 2.25. The first-order valence-electron chi connectivity index (χ1n) is 5.66. The highest BCUT2D eigenvalue weighted by molar-refractivity contribution is 7.90. The smallest absolute Gasteiger partial charge is 0.177 e. The zero-order valence-corrected chi connectivity index (χ0v) is 12.5. The number of rotatable bonds is 6. The van der Waals surface area contributed by atoms with Gasteiger partial charge in [0.15, 0.2) is 9.84 Å². The number of anilines is 1. The SMILES string of the molecule is CC(CCS(C)=O)Nc1ccccc1S(C)(=O)=O. The van der Waals surface area contributed by atoms with E-state index in [-0.39, 0.29) is 6.04 Å². The molecule has 0 radical (unpaired) electrons. The van der Waals surface area contributed by atoms with Crippen LogP contribution >= 0.6 is 0 Å². The van der Waals surface area contributed by atoms with Crippen molar-refractivity contribution in [3.05, 3.63) is 24.3 Å². The summed E-state index contributed by atoms with van der Waals surface area (Å²) >= 11 is 0. The molecule has 4 nitrogen and oxygen atoms in total. The van der Waals surface area contributed by atoms with E-state index in [9.17, 15) is 12.6 Å². The maximum atomic E-state index is 11.6. The van der Waals surface area contributed by atoms with Crippen LogP contribution in [0.2, 0.25) is 0 Å². The molecule has 0 bridgehead atoms. The second-order valence-corrected chi connectivity index (χ2v) is 7.92. The van der Waals surface area contributed by atoms with Gasteiger partial charge in [-0.1, -0.05) is 12.1 Å². The van der Waals surface area contributed by atoms with Crippen molar-refractivity contribution in [2.24, 2.45) is 0 Å². The second kappa shape index (κ2) is 6.33. The summed E-state index contributed by atoms with van der Waals surface area (Å²) in [7, 11) is -4.06. The minimum Gasteiger partial charge on any atom is -0.382 e. The van der Waals surface area contributed by atoms with E-state index >= 15 is 0 Å². The molecule has 1 aromatic rings. The molecular weight excluding hydrogens is 270 g/mol. The summed E-state index contributed by atoms with van der Waals surface area (Å²) in [4.78, 5) is 0.300. The van der Waals surface area contributed by atoms with Gasteiger partial charge in [-0.25, -0.2) is 8.42 Å². The van der Waals surface area contributed by atoms with Crippen LogP contribution in [0, 0.1) is 0 Å². The molecule has 0 aliphatic rings. The minimum absolute atomic E-state index is 0.0804. The van der Waals surface area contributed by atoms with Crippen LogP contribution in [-0.2, 0) is 20.6 Å². The molecule has 0 heterocycles. The Labute approximate surface area is 111 Å². The van der Waals surface area contributed by atoms with Crippen LogP contribution in [0.4, 0.5) is 5.69 Å². The second-order valence-electron chi connectivity index (χ2n) is 4.38. The third-order valence-corrected chi connectivity index (χ3v) is 4.49. The quantitative estimate of drug-likeness (QED) is 0.865. The van der Waals surface area contributed by atoms with Gasteiger partial charge in [0.2, 0.25) is 0 Å². The third-order valence-electron chi connectivity index (χ3n) is 2.53. The Morgan fingerprint density at radius 1 is 1.33 bits per heavy atom. The third kappa shape index (κ3) is 4.78. The minimum atomic E-state index is -3.23. The van der Waals surface area contributed by atoms with E-state index < -0.39 is 20.6 Å². The van der Waals surface area contributed by atoms with Crippen molar-refractivity contribution in [2.45, 2.75) is 24.3 Å². The van der Waals surface area contributed by atoms with Crippen LogP contribution < -0.4 is 5.32 Å². The van der Waals surface area contributed by atoms with Gasteiger partial charge < -0.3 is 5.32 Å². The Morgan fingerprint density at radius 3 is 2.50 bits per heavy atom. The highest BCUT2D eigenvalue weighted by Gasteiger charge is 2.13. The van der Waals surface area contributed by atoms with Crippen LogP contribution in [0.1, 0.15) is 13.3 Å². The summed E-state index contributed by atoms with van der Waals surface area (Å²) in [6.07, 6.45) is 3.59. The fourth-order valence-corrected chi connectivity index (χ4v) is 3.13. The number of nitrogens with one attached hydrogen (secondary N) is 1.